The summed E-state index contributed by atoms with van der Waals surface area (Å²) in [6.45, 7) is 0. The van der Waals surface area contributed by atoms with E-state index in [0.29, 0.717) is 21.7 Å². The Labute approximate surface area is 155 Å². The zero-order valence-corrected chi connectivity index (χ0v) is 14.4. The number of aromatic nitrogens is 2. The Morgan fingerprint density at radius 3 is 2.59 bits per heavy atom. The van der Waals surface area contributed by atoms with E-state index in [-0.39, 0.29) is 16.8 Å². The SMILES string of the molecule is O=C1c2oc3ccccc3c(=O)c2C(c2ccc(F)cc2)N1c1nncs1. The van der Waals surface area contributed by atoms with Crippen molar-refractivity contribution in [3.05, 3.63) is 87.0 Å². The second kappa shape index (κ2) is 5.82. The van der Waals surface area contributed by atoms with Crippen LogP contribution < -0.4 is 10.3 Å². The number of carbonyl (C=O) groups is 1. The van der Waals surface area contributed by atoms with E-state index in [4.69, 9.17) is 4.42 Å². The maximum atomic E-state index is 13.4. The first kappa shape index (κ1) is 15.8. The molecular formula is C19H10FN3O3S. The second-order valence-corrected chi connectivity index (χ2v) is 6.83. The third kappa shape index (κ3) is 2.30. The standard InChI is InChI=1S/C19H10FN3O3S/c20-11-7-5-10(6-8-11)15-14-16(24)12-3-1-2-4-13(12)26-17(14)18(25)23(15)19-22-21-9-27-19/h1-9,15H. The van der Waals surface area contributed by atoms with E-state index in [2.05, 4.69) is 10.2 Å². The van der Waals surface area contributed by atoms with Crippen LogP contribution in [0.2, 0.25) is 0 Å². The van der Waals surface area contributed by atoms with Crippen LogP contribution in [0.15, 0.2) is 63.3 Å². The lowest BCUT2D eigenvalue weighted by Gasteiger charge is -2.21. The third-order valence-corrected chi connectivity index (χ3v) is 5.21. The van der Waals surface area contributed by atoms with Crippen LogP contribution >= 0.6 is 11.3 Å². The summed E-state index contributed by atoms with van der Waals surface area (Å²) >= 11 is 1.17. The third-order valence-electron chi connectivity index (χ3n) is 4.52. The largest absolute Gasteiger partial charge is 0.450 e. The molecular weight excluding hydrogens is 369 g/mol. The van der Waals surface area contributed by atoms with Crippen LogP contribution in [0.3, 0.4) is 0 Å². The van der Waals surface area contributed by atoms with Gasteiger partial charge < -0.3 is 4.42 Å². The summed E-state index contributed by atoms with van der Waals surface area (Å²) in [5.41, 5.74) is 2.36. The molecule has 0 fully saturated rings. The smallest absolute Gasteiger partial charge is 0.297 e. The molecule has 0 saturated heterocycles. The lowest BCUT2D eigenvalue weighted by atomic mass is 9.99. The summed E-state index contributed by atoms with van der Waals surface area (Å²) < 4.78 is 19.2. The molecule has 1 amide bonds. The Kier molecular flexibility index (Phi) is 3.41. The first-order valence-corrected chi connectivity index (χ1v) is 8.94. The van der Waals surface area contributed by atoms with Gasteiger partial charge in [0, 0.05) is 0 Å². The number of halogens is 1. The van der Waals surface area contributed by atoms with E-state index in [1.54, 1.807) is 36.4 Å². The highest BCUT2D eigenvalue weighted by molar-refractivity contribution is 7.13. The molecule has 0 aliphatic carbocycles. The van der Waals surface area contributed by atoms with Crippen LogP contribution in [-0.2, 0) is 0 Å². The fourth-order valence-electron chi connectivity index (χ4n) is 3.35. The normalized spacial score (nSPS) is 16.1. The number of carbonyl (C=O) groups excluding carboxylic acids is 1. The average Bonchev–Trinajstić information content (AvgIpc) is 3.30. The molecule has 0 N–H and O–H groups in total. The lowest BCUT2D eigenvalue weighted by Crippen LogP contribution is -2.29. The highest BCUT2D eigenvalue weighted by atomic mass is 32.1. The molecule has 0 spiro atoms. The van der Waals surface area contributed by atoms with Gasteiger partial charge in [-0.1, -0.05) is 35.6 Å². The number of rotatable bonds is 2. The number of nitrogens with zero attached hydrogens (tertiary/aromatic N) is 3. The summed E-state index contributed by atoms with van der Waals surface area (Å²) in [7, 11) is 0. The van der Waals surface area contributed by atoms with Crippen molar-refractivity contribution in [2.45, 2.75) is 6.04 Å². The van der Waals surface area contributed by atoms with E-state index in [0.717, 1.165) is 0 Å². The minimum absolute atomic E-state index is 0.0248. The maximum absolute atomic E-state index is 13.4. The van der Waals surface area contributed by atoms with E-state index in [1.807, 2.05) is 0 Å². The molecule has 132 valence electrons. The molecule has 3 heterocycles. The monoisotopic (exact) mass is 379 g/mol. The van der Waals surface area contributed by atoms with Crippen molar-refractivity contribution in [3.8, 4) is 0 Å². The van der Waals surface area contributed by atoms with Gasteiger partial charge in [-0.15, -0.1) is 10.2 Å². The van der Waals surface area contributed by atoms with Gasteiger partial charge in [0.15, 0.2) is 5.43 Å². The molecule has 1 aliphatic rings. The van der Waals surface area contributed by atoms with Crippen LogP contribution in [0.5, 0.6) is 0 Å². The molecule has 0 radical (unpaired) electrons. The quantitative estimate of drug-likeness (QED) is 0.533. The summed E-state index contributed by atoms with van der Waals surface area (Å²) in [4.78, 5) is 27.7. The van der Waals surface area contributed by atoms with Gasteiger partial charge >= 0.3 is 0 Å². The zero-order valence-electron chi connectivity index (χ0n) is 13.6. The van der Waals surface area contributed by atoms with Crippen LogP contribution in [-0.4, -0.2) is 16.1 Å². The molecule has 8 heteroatoms. The Morgan fingerprint density at radius 2 is 1.85 bits per heavy atom. The van der Waals surface area contributed by atoms with Crippen molar-refractivity contribution in [1.82, 2.24) is 10.2 Å². The molecule has 1 aliphatic heterocycles. The number of benzene rings is 2. The van der Waals surface area contributed by atoms with Gasteiger partial charge in [-0.2, -0.15) is 0 Å². The molecule has 6 nitrogen and oxygen atoms in total. The predicted octanol–water partition coefficient (Wildman–Crippen LogP) is 3.53. The van der Waals surface area contributed by atoms with E-state index in [9.17, 15) is 14.0 Å². The number of hydrogen-bond acceptors (Lipinski definition) is 6. The topological polar surface area (TPSA) is 76.3 Å². The number of amides is 1. The summed E-state index contributed by atoms with van der Waals surface area (Å²) in [5.74, 6) is -0.904. The molecule has 1 atom stereocenters. The zero-order chi connectivity index (χ0) is 18.5. The van der Waals surface area contributed by atoms with Gasteiger partial charge in [-0.25, -0.2) is 4.39 Å². The molecule has 5 rings (SSSR count). The van der Waals surface area contributed by atoms with Crippen LogP contribution in [0.4, 0.5) is 9.52 Å². The van der Waals surface area contributed by atoms with Crippen molar-refractivity contribution in [2.75, 3.05) is 4.90 Å². The van der Waals surface area contributed by atoms with Crippen molar-refractivity contribution in [3.63, 3.8) is 0 Å². The van der Waals surface area contributed by atoms with Crippen LogP contribution in [0, 0.1) is 5.82 Å². The average molecular weight is 379 g/mol. The number of anilines is 1. The minimum atomic E-state index is -0.762. The Bertz CT molecular complexity index is 1240. The molecule has 2 aromatic carbocycles. The second-order valence-electron chi connectivity index (χ2n) is 6.02. The summed E-state index contributed by atoms with van der Waals surface area (Å²) in [6, 6.07) is 11.7. The van der Waals surface area contributed by atoms with Gasteiger partial charge in [0.1, 0.15) is 16.9 Å². The van der Waals surface area contributed by atoms with Gasteiger partial charge in [-0.3, -0.25) is 14.5 Å². The molecule has 1 unspecified atom stereocenters. The van der Waals surface area contributed by atoms with Crippen molar-refractivity contribution < 1.29 is 13.6 Å². The van der Waals surface area contributed by atoms with Gasteiger partial charge in [0.2, 0.25) is 10.9 Å². The lowest BCUT2D eigenvalue weighted by molar-refractivity contribution is 0.0970. The fourth-order valence-corrected chi connectivity index (χ4v) is 3.93. The number of para-hydroxylation sites is 1. The van der Waals surface area contributed by atoms with Crippen molar-refractivity contribution in [1.29, 1.82) is 0 Å². The summed E-state index contributed by atoms with van der Waals surface area (Å²) in [5, 5.41) is 8.49. The predicted molar refractivity (Wildman–Crippen MR) is 97.4 cm³/mol. The van der Waals surface area contributed by atoms with Gasteiger partial charge in [0.25, 0.3) is 5.91 Å². The highest BCUT2D eigenvalue weighted by Crippen LogP contribution is 2.41. The maximum Gasteiger partial charge on any atom is 0.297 e. The van der Waals surface area contributed by atoms with Crippen LogP contribution in [0.1, 0.15) is 27.7 Å². The number of hydrogen-bond donors (Lipinski definition) is 0. The molecule has 2 aromatic heterocycles. The van der Waals surface area contributed by atoms with Crippen LogP contribution in [0.25, 0.3) is 11.0 Å². The van der Waals surface area contributed by atoms with E-state index < -0.39 is 17.8 Å². The van der Waals surface area contributed by atoms with Crippen molar-refractivity contribution >= 4 is 33.3 Å². The Hall–Kier alpha value is -3.39. The first-order chi connectivity index (χ1) is 13.1. The van der Waals surface area contributed by atoms with Gasteiger partial charge in [-0.05, 0) is 29.8 Å². The van der Waals surface area contributed by atoms with Crippen molar-refractivity contribution in [2.24, 2.45) is 0 Å². The first-order valence-electron chi connectivity index (χ1n) is 8.06. The highest BCUT2D eigenvalue weighted by Gasteiger charge is 2.44. The Morgan fingerprint density at radius 1 is 1.07 bits per heavy atom. The molecule has 0 saturated carbocycles. The van der Waals surface area contributed by atoms with E-state index in [1.165, 1.54) is 33.9 Å². The van der Waals surface area contributed by atoms with Gasteiger partial charge in [0.05, 0.1) is 17.0 Å². The Balaban J connectivity index is 1.83. The summed E-state index contributed by atoms with van der Waals surface area (Å²) in [6.07, 6.45) is 0. The number of fused-ring (bicyclic) bond motifs is 2. The fraction of sp³-hybridized carbons (Fsp3) is 0.0526. The van der Waals surface area contributed by atoms with E-state index >= 15 is 0 Å². The molecule has 4 aromatic rings. The molecule has 27 heavy (non-hydrogen) atoms. The molecule has 0 bridgehead atoms. The minimum Gasteiger partial charge on any atom is -0.450 e.